The Morgan fingerprint density at radius 3 is 2.33 bits per heavy atom. The van der Waals surface area contributed by atoms with Crippen molar-refractivity contribution in [2.24, 2.45) is 0 Å². The average molecular weight is 463 g/mol. The summed E-state index contributed by atoms with van der Waals surface area (Å²) in [6.45, 7) is 1.85. The molecule has 2 aromatic carbocycles. The van der Waals surface area contributed by atoms with Crippen LogP contribution in [0.25, 0.3) is 17.0 Å². The van der Waals surface area contributed by atoms with Crippen molar-refractivity contribution in [3.8, 4) is 0 Å². The molecule has 0 unspecified atom stereocenters. The van der Waals surface area contributed by atoms with Crippen LogP contribution in [-0.4, -0.2) is 40.0 Å². The Morgan fingerprint density at radius 2 is 1.67 bits per heavy atom. The van der Waals surface area contributed by atoms with Crippen LogP contribution < -0.4 is 0 Å². The summed E-state index contributed by atoms with van der Waals surface area (Å²) < 4.78 is 2.80. The summed E-state index contributed by atoms with van der Waals surface area (Å²) in [6.07, 6.45) is 5.62. The summed E-state index contributed by atoms with van der Waals surface area (Å²) in [5, 5.41) is 0.891. The van der Waals surface area contributed by atoms with E-state index in [9.17, 15) is 14.4 Å². The molecule has 30 heavy (non-hydrogen) atoms. The van der Waals surface area contributed by atoms with Gasteiger partial charge in [0, 0.05) is 51.4 Å². The first kappa shape index (κ1) is 19.0. The molecule has 1 aromatic heterocycles. The van der Waals surface area contributed by atoms with Gasteiger partial charge < -0.3 is 9.47 Å². The number of benzene rings is 2. The highest BCUT2D eigenvalue weighted by molar-refractivity contribution is 9.10. The van der Waals surface area contributed by atoms with Crippen LogP contribution in [0, 0.1) is 0 Å². The van der Waals surface area contributed by atoms with Gasteiger partial charge in [0.25, 0.3) is 0 Å². The molecule has 150 valence electrons. The van der Waals surface area contributed by atoms with E-state index in [1.165, 1.54) is 0 Å². The molecule has 3 aromatic rings. The van der Waals surface area contributed by atoms with E-state index in [1.54, 1.807) is 30.3 Å². The van der Waals surface area contributed by atoms with Gasteiger partial charge in [-0.1, -0.05) is 40.2 Å². The maximum atomic E-state index is 12.8. The third-order valence-electron chi connectivity index (χ3n) is 5.84. The lowest BCUT2D eigenvalue weighted by Crippen LogP contribution is -2.30. The number of Topliss-reactive ketones (excluding diaryl/α,β-unsaturated/α-hetero) is 2. The molecule has 2 aliphatic rings. The number of nitrogens with zero attached hydrogens (tertiary/aromatic N) is 2. The standard InChI is InChI=1S/C24H19BrN2O3/c25-16-7-8-21-19(12-16)15(13-27(21)14-22(28)26-9-3-4-10-26)11-20-23(29)17-5-1-2-6-18(17)24(20)30/h1-2,5-8,11-13H,3-4,9-10,14H2. The Morgan fingerprint density at radius 1 is 1.00 bits per heavy atom. The number of halogens is 1. The van der Waals surface area contributed by atoms with Crippen molar-refractivity contribution in [2.75, 3.05) is 13.1 Å². The SMILES string of the molecule is O=C1C(=Cc2cn(CC(=O)N3CCCC3)c3ccc(Br)cc23)C(=O)c2ccccc21. The molecule has 1 fully saturated rings. The van der Waals surface area contributed by atoms with Crippen molar-refractivity contribution in [3.63, 3.8) is 0 Å². The van der Waals surface area contributed by atoms with Gasteiger partial charge in [0.2, 0.25) is 5.91 Å². The fraction of sp³-hybridized carbons (Fsp3) is 0.208. The number of hydrogen-bond acceptors (Lipinski definition) is 3. The molecule has 1 amide bonds. The summed E-state index contributed by atoms with van der Waals surface area (Å²) in [5.41, 5.74) is 2.71. The van der Waals surface area contributed by atoms with Gasteiger partial charge in [0.15, 0.2) is 11.6 Å². The summed E-state index contributed by atoms with van der Waals surface area (Å²) in [4.78, 5) is 40.2. The molecule has 1 aliphatic carbocycles. The molecule has 0 radical (unpaired) electrons. The smallest absolute Gasteiger partial charge is 0.242 e. The van der Waals surface area contributed by atoms with Gasteiger partial charge in [-0.15, -0.1) is 0 Å². The molecule has 0 N–H and O–H groups in total. The Kier molecular flexibility index (Phi) is 4.66. The molecule has 2 heterocycles. The highest BCUT2D eigenvalue weighted by Gasteiger charge is 2.32. The van der Waals surface area contributed by atoms with Gasteiger partial charge in [-0.2, -0.15) is 0 Å². The van der Waals surface area contributed by atoms with Crippen LogP contribution in [0.15, 0.2) is 58.7 Å². The van der Waals surface area contributed by atoms with Crippen LogP contribution >= 0.6 is 15.9 Å². The zero-order valence-electron chi connectivity index (χ0n) is 16.2. The molecule has 1 saturated heterocycles. The summed E-state index contributed by atoms with van der Waals surface area (Å²) in [6, 6.07) is 12.7. The van der Waals surface area contributed by atoms with Crippen LogP contribution in [0.5, 0.6) is 0 Å². The first-order chi connectivity index (χ1) is 14.5. The molecule has 0 spiro atoms. The van der Waals surface area contributed by atoms with E-state index in [-0.39, 0.29) is 29.6 Å². The number of hydrogen-bond donors (Lipinski definition) is 0. The van der Waals surface area contributed by atoms with E-state index in [0.717, 1.165) is 46.9 Å². The molecule has 1 aliphatic heterocycles. The van der Waals surface area contributed by atoms with Gasteiger partial charge in [0.05, 0.1) is 5.57 Å². The minimum absolute atomic E-state index is 0.0898. The van der Waals surface area contributed by atoms with Gasteiger partial charge in [-0.25, -0.2) is 0 Å². The van der Waals surface area contributed by atoms with Crippen LogP contribution in [0.3, 0.4) is 0 Å². The van der Waals surface area contributed by atoms with Crippen molar-refractivity contribution in [3.05, 3.63) is 75.4 Å². The van der Waals surface area contributed by atoms with E-state index in [2.05, 4.69) is 15.9 Å². The molecule has 0 saturated carbocycles. The third-order valence-corrected chi connectivity index (χ3v) is 6.34. The monoisotopic (exact) mass is 462 g/mol. The van der Waals surface area contributed by atoms with E-state index >= 15 is 0 Å². The minimum atomic E-state index is -0.250. The number of allylic oxidation sites excluding steroid dienone is 1. The number of amides is 1. The van der Waals surface area contributed by atoms with Crippen LogP contribution in [0.4, 0.5) is 0 Å². The van der Waals surface area contributed by atoms with Crippen LogP contribution in [0.1, 0.15) is 39.1 Å². The second-order valence-corrected chi connectivity index (χ2v) is 8.64. The number of carbonyl (C=O) groups excluding carboxylic acids is 3. The van der Waals surface area contributed by atoms with Gasteiger partial charge >= 0.3 is 0 Å². The van der Waals surface area contributed by atoms with E-state index in [0.29, 0.717) is 11.1 Å². The number of ketones is 2. The number of aromatic nitrogens is 1. The summed E-state index contributed by atoms with van der Waals surface area (Å²) >= 11 is 3.50. The first-order valence-corrected chi connectivity index (χ1v) is 10.8. The summed E-state index contributed by atoms with van der Waals surface area (Å²) in [5.74, 6) is -0.411. The minimum Gasteiger partial charge on any atom is -0.341 e. The molecular formula is C24H19BrN2O3. The second-order valence-electron chi connectivity index (χ2n) is 7.72. The molecule has 6 heteroatoms. The van der Waals surface area contributed by atoms with E-state index in [1.807, 2.05) is 33.9 Å². The fourth-order valence-electron chi connectivity index (χ4n) is 4.31. The van der Waals surface area contributed by atoms with Crippen molar-refractivity contribution < 1.29 is 14.4 Å². The summed E-state index contributed by atoms with van der Waals surface area (Å²) in [7, 11) is 0. The maximum Gasteiger partial charge on any atom is 0.242 e. The van der Waals surface area contributed by atoms with Gasteiger partial charge in [-0.3, -0.25) is 14.4 Å². The number of fused-ring (bicyclic) bond motifs is 2. The highest BCUT2D eigenvalue weighted by Crippen LogP contribution is 2.31. The molecule has 0 bridgehead atoms. The fourth-order valence-corrected chi connectivity index (χ4v) is 4.68. The predicted molar refractivity (Wildman–Crippen MR) is 119 cm³/mol. The van der Waals surface area contributed by atoms with E-state index < -0.39 is 0 Å². The van der Waals surface area contributed by atoms with Crippen LogP contribution in [-0.2, 0) is 11.3 Å². The second kappa shape index (κ2) is 7.36. The number of rotatable bonds is 3. The van der Waals surface area contributed by atoms with Crippen molar-refractivity contribution in [1.82, 2.24) is 9.47 Å². The Balaban J connectivity index is 1.57. The molecule has 0 atom stereocenters. The lowest BCUT2D eigenvalue weighted by molar-refractivity contribution is -0.130. The van der Waals surface area contributed by atoms with Crippen molar-refractivity contribution in [2.45, 2.75) is 19.4 Å². The predicted octanol–water partition coefficient (Wildman–Crippen LogP) is 4.49. The lowest BCUT2D eigenvalue weighted by Gasteiger charge is -2.16. The maximum absolute atomic E-state index is 12.8. The molecule has 5 nitrogen and oxygen atoms in total. The average Bonchev–Trinajstić information content (AvgIpc) is 3.44. The zero-order valence-corrected chi connectivity index (χ0v) is 17.8. The highest BCUT2D eigenvalue weighted by atomic mass is 79.9. The lowest BCUT2D eigenvalue weighted by atomic mass is 10.1. The van der Waals surface area contributed by atoms with E-state index in [4.69, 9.17) is 0 Å². The first-order valence-electron chi connectivity index (χ1n) is 9.99. The third kappa shape index (κ3) is 3.12. The van der Waals surface area contributed by atoms with Gasteiger partial charge in [0.1, 0.15) is 6.54 Å². The number of likely N-dealkylation sites (tertiary alicyclic amines) is 1. The van der Waals surface area contributed by atoms with Crippen molar-refractivity contribution in [1.29, 1.82) is 0 Å². The van der Waals surface area contributed by atoms with Crippen molar-refractivity contribution >= 4 is 50.4 Å². The Labute approximate surface area is 182 Å². The number of carbonyl (C=O) groups is 3. The molecule has 5 rings (SSSR count). The quantitative estimate of drug-likeness (QED) is 0.425. The van der Waals surface area contributed by atoms with Crippen LogP contribution in [0.2, 0.25) is 0 Å². The normalized spacial score (nSPS) is 15.9. The molecular weight excluding hydrogens is 444 g/mol. The zero-order chi connectivity index (χ0) is 20.8. The Hall–Kier alpha value is -2.99. The topological polar surface area (TPSA) is 59.4 Å². The largest absolute Gasteiger partial charge is 0.341 e. The Bertz CT molecular complexity index is 1210. The van der Waals surface area contributed by atoms with Gasteiger partial charge in [-0.05, 0) is 37.1 Å².